The third-order valence-corrected chi connectivity index (χ3v) is 4.64. The van der Waals surface area contributed by atoms with Crippen molar-refractivity contribution in [2.45, 2.75) is 26.4 Å². The van der Waals surface area contributed by atoms with Crippen LogP contribution in [0.1, 0.15) is 20.8 Å². The van der Waals surface area contributed by atoms with Crippen molar-refractivity contribution in [2.24, 2.45) is 0 Å². The van der Waals surface area contributed by atoms with Crippen LogP contribution in [0.2, 0.25) is 0 Å². The van der Waals surface area contributed by atoms with E-state index < -0.39 is 5.60 Å². The van der Waals surface area contributed by atoms with Crippen LogP contribution in [-0.2, 0) is 4.74 Å². The number of halogens is 1. The number of carbonyl (C=O) groups is 1. The van der Waals surface area contributed by atoms with Gasteiger partial charge in [0, 0.05) is 0 Å². The van der Waals surface area contributed by atoms with Crippen LogP contribution in [0.4, 0.5) is 4.79 Å². The second kappa shape index (κ2) is 6.39. The monoisotopic (exact) mass is 385 g/mol. The second-order valence-electron chi connectivity index (χ2n) is 5.42. The molecule has 5 heteroatoms. The molecule has 1 aromatic rings. The zero-order valence-corrected chi connectivity index (χ0v) is 14.0. The molecule has 108 valence electrons. The molecule has 2 heterocycles. The molecule has 0 saturated carbocycles. The maximum atomic E-state index is 11.6. The van der Waals surface area contributed by atoms with Crippen LogP contribution in [-0.4, -0.2) is 23.2 Å². The van der Waals surface area contributed by atoms with E-state index in [2.05, 4.69) is 24.5 Å². The molecule has 2 rings (SSSR count). The molecule has 1 aliphatic heterocycles. The Balaban J connectivity index is 2.03. The van der Waals surface area contributed by atoms with Crippen molar-refractivity contribution in [3.8, 4) is 0 Å². The number of hydrogen-bond acceptors (Lipinski definition) is 3. The van der Waals surface area contributed by atoms with Gasteiger partial charge < -0.3 is 0 Å². The molecule has 1 N–H and O–H groups in total. The summed E-state index contributed by atoms with van der Waals surface area (Å²) in [5.41, 5.74) is 0.634. The van der Waals surface area contributed by atoms with Gasteiger partial charge in [0.25, 0.3) is 0 Å². The number of fused-ring (bicyclic) bond motifs is 1. The van der Waals surface area contributed by atoms with E-state index >= 15 is 0 Å². The molecule has 0 radical (unpaired) electrons. The Morgan fingerprint density at radius 2 is 2.15 bits per heavy atom. The third-order valence-electron chi connectivity index (χ3n) is 2.45. The zero-order chi connectivity index (χ0) is 14.6. The van der Waals surface area contributed by atoms with Crippen molar-refractivity contribution >= 4 is 16.3 Å². The minimum atomic E-state index is -0.469. The number of rotatable bonds is 2. The summed E-state index contributed by atoms with van der Waals surface area (Å²) in [6, 6.07) is 2.02. The molecule has 1 amide bonds. The predicted molar refractivity (Wildman–Crippen MR) is 74.7 cm³/mol. The number of aromatic nitrogens is 1. The number of nitrogens with zero attached hydrogens (tertiary/aromatic N) is 1. The quantitative estimate of drug-likeness (QED) is 0.606. The standard InChI is InChI=1S/C15H18IN2O2/c1-15(2,3)20-14(19)18-9-11-6-13-10-17-5-4-12(13)8-16-7-11/h4-8,10H,9H2,1-3H3,(H,18,19)/q-1. The van der Waals surface area contributed by atoms with E-state index in [0.717, 1.165) is 10.8 Å². The van der Waals surface area contributed by atoms with Crippen LogP contribution in [0.5, 0.6) is 0 Å². The van der Waals surface area contributed by atoms with Crippen molar-refractivity contribution in [1.82, 2.24) is 10.3 Å². The molecule has 0 saturated heterocycles. The normalized spacial score (nSPS) is 14.4. The van der Waals surface area contributed by atoms with Crippen LogP contribution in [0.15, 0.2) is 28.1 Å². The van der Waals surface area contributed by atoms with Gasteiger partial charge in [-0.15, -0.1) is 0 Å². The van der Waals surface area contributed by atoms with Crippen molar-refractivity contribution in [3.05, 3.63) is 38.6 Å². The summed E-state index contributed by atoms with van der Waals surface area (Å²) < 4.78 is 9.69. The number of nitrogens with one attached hydrogen (secondary N) is 1. The number of alkyl carbamates (subject to hydrolysis) is 1. The third kappa shape index (κ3) is 4.63. The fourth-order valence-electron chi connectivity index (χ4n) is 1.63. The van der Waals surface area contributed by atoms with E-state index in [4.69, 9.17) is 4.74 Å². The Morgan fingerprint density at radius 3 is 2.90 bits per heavy atom. The van der Waals surface area contributed by atoms with Gasteiger partial charge in [-0.1, -0.05) is 0 Å². The molecule has 0 aromatic carbocycles. The molecule has 0 spiro atoms. The second-order valence-corrected chi connectivity index (χ2v) is 7.39. The fraction of sp³-hybridized carbons (Fsp3) is 0.333. The van der Waals surface area contributed by atoms with Gasteiger partial charge in [0.1, 0.15) is 0 Å². The van der Waals surface area contributed by atoms with Crippen molar-refractivity contribution < 1.29 is 30.7 Å². The first-order chi connectivity index (χ1) is 9.44. The van der Waals surface area contributed by atoms with Crippen LogP contribution >= 0.6 is 0 Å². The van der Waals surface area contributed by atoms with Gasteiger partial charge in [0.05, 0.1) is 0 Å². The average Bonchev–Trinajstić information content (AvgIpc) is 2.56. The zero-order valence-electron chi connectivity index (χ0n) is 11.8. The first kappa shape index (κ1) is 15.0. The summed E-state index contributed by atoms with van der Waals surface area (Å²) in [5.74, 6) is 0. The summed E-state index contributed by atoms with van der Waals surface area (Å²) in [5, 5.41) is 5.11. The van der Waals surface area contributed by atoms with Gasteiger partial charge in [0.15, 0.2) is 0 Å². The number of amides is 1. The van der Waals surface area contributed by atoms with E-state index in [0.29, 0.717) is 6.54 Å². The van der Waals surface area contributed by atoms with E-state index in [1.54, 1.807) is 6.20 Å². The number of hydrogen-bond donors (Lipinski definition) is 1. The Bertz CT molecular complexity index is 645. The molecule has 0 aliphatic carbocycles. The molecule has 1 aromatic heterocycles. The average molecular weight is 385 g/mol. The Labute approximate surface area is 128 Å². The molecule has 4 nitrogen and oxygen atoms in total. The molecule has 1 aliphatic rings. The Hall–Kier alpha value is -1.37. The minimum absolute atomic E-state index is 0.140. The SMILES string of the molecule is CC(C)(C)OC(=O)NCC1=C[I-]C=c2ccncc2=C1. The molecular weight excluding hydrogens is 367 g/mol. The maximum absolute atomic E-state index is 11.6. The summed E-state index contributed by atoms with van der Waals surface area (Å²) in [4.78, 5) is 15.8. The van der Waals surface area contributed by atoms with Gasteiger partial charge >= 0.3 is 129 Å². The van der Waals surface area contributed by atoms with Gasteiger partial charge in [0.2, 0.25) is 0 Å². The fourth-order valence-corrected chi connectivity index (χ4v) is 3.62. The Kier molecular flexibility index (Phi) is 4.80. The number of ether oxygens (including phenoxy) is 1. The summed E-state index contributed by atoms with van der Waals surface area (Å²) in [6.45, 7) is 6.04. The van der Waals surface area contributed by atoms with Gasteiger partial charge in [-0.3, -0.25) is 0 Å². The van der Waals surface area contributed by atoms with E-state index in [-0.39, 0.29) is 27.3 Å². The van der Waals surface area contributed by atoms with E-state index in [1.807, 2.05) is 33.0 Å². The first-order valence-electron chi connectivity index (χ1n) is 6.34. The molecule has 0 fully saturated rings. The Morgan fingerprint density at radius 1 is 1.35 bits per heavy atom. The predicted octanol–water partition coefficient (Wildman–Crippen LogP) is -1.89. The van der Waals surface area contributed by atoms with Gasteiger partial charge in [-0.05, 0) is 0 Å². The van der Waals surface area contributed by atoms with Crippen LogP contribution in [0.25, 0.3) is 10.2 Å². The topological polar surface area (TPSA) is 51.2 Å². The molecule has 20 heavy (non-hydrogen) atoms. The number of carbonyl (C=O) groups excluding carboxylic acids is 1. The van der Waals surface area contributed by atoms with Crippen LogP contribution < -0.4 is 37.0 Å². The van der Waals surface area contributed by atoms with Crippen molar-refractivity contribution in [1.29, 1.82) is 0 Å². The van der Waals surface area contributed by atoms with Crippen LogP contribution in [0.3, 0.4) is 0 Å². The molecule has 0 atom stereocenters. The van der Waals surface area contributed by atoms with E-state index in [9.17, 15) is 4.79 Å². The van der Waals surface area contributed by atoms with Crippen molar-refractivity contribution in [2.75, 3.05) is 6.54 Å². The van der Waals surface area contributed by atoms with Crippen LogP contribution in [0, 0.1) is 0 Å². The molecule has 0 bridgehead atoms. The summed E-state index contributed by atoms with van der Waals surface area (Å²) in [6.07, 6.45) is 5.34. The van der Waals surface area contributed by atoms with Gasteiger partial charge in [-0.2, -0.15) is 0 Å². The molecule has 0 unspecified atom stereocenters. The first-order valence-corrected chi connectivity index (χ1v) is 8.83. The van der Waals surface area contributed by atoms with Crippen molar-refractivity contribution in [3.63, 3.8) is 0 Å². The number of pyridine rings is 1. The summed E-state index contributed by atoms with van der Waals surface area (Å²) >= 11 is -0.140. The molecular formula is C15H18IN2O2-. The van der Waals surface area contributed by atoms with E-state index in [1.165, 1.54) is 5.22 Å². The van der Waals surface area contributed by atoms with Gasteiger partial charge in [-0.25, -0.2) is 0 Å². The summed E-state index contributed by atoms with van der Waals surface area (Å²) in [7, 11) is 0.